The Labute approximate surface area is 132 Å². The third kappa shape index (κ3) is 3.53. The number of piperazine rings is 1. The van der Waals surface area contributed by atoms with E-state index in [1.54, 1.807) is 0 Å². The zero-order valence-corrected chi connectivity index (χ0v) is 12.9. The van der Waals surface area contributed by atoms with Gasteiger partial charge < -0.3 is 5.73 Å². The summed E-state index contributed by atoms with van der Waals surface area (Å²) in [5.41, 5.74) is 8.34. The molecule has 3 rings (SSSR count). The molecule has 2 heterocycles. The van der Waals surface area contributed by atoms with E-state index in [1.165, 1.54) is 11.1 Å². The molecule has 0 aliphatic carbocycles. The van der Waals surface area contributed by atoms with Crippen molar-refractivity contribution in [2.45, 2.75) is 6.04 Å². The summed E-state index contributed by atoms with van der Waals surface area (Å²) in [4.78, 5) is 9.18. The first-order valence-corrected chi connectivity index (χ1v) is 8.00. The maximum Gasteiger partial charge on any atom is 0.0603 e. The topological polar surface area (TPSA) is 45.4 Å². The summed E-state index contributed by atoms with van der Waals surface area (Å²) >= 11 is 0. The Bertz CT molecular complexity index is 510. The average molecular weight is 296 g/mol. The highest BCUT2D eigenvalue weighted by molar-refractivity contribution is 5.30. The fourth-order valence-electron chi connectivity index (χ4n) is 3.22. The molecule has 0 spiro atoms. The monoisotopic (exact) mass is 296 g/mol. The summed E-state index contributed by atoms with van der Waals surface area (Å²) in [6, 6.07) is 15.3. The molecule has 1 atom stereocenters. The standard InChI is InChI=1S/C18H24N4/c19-8-11-21-12-14-22(15-13-21)18(16-4-2-1-3-5-16)17-6-9-20-10-7-17/h1-7,9-10,18H,8,11-15,19H2. The van der Waals surface area contributed by atoms with E-state index in [0.29, 0.717) is 6.04 Å². The predicted octanol–water partition coefficient (Wildman–Crippen LogP) is 1.75. The van der Waals surface area contributed by atoms with Gasteiger partial charge in [-0.3, -0.25) is 14.8 Å². The summed E-state index contributed by atoms with van der Waals surface area (Å²) < 4.78 is 0. The molecule has 1 unspecified atom stereocenters. The molecule has 22 heavy (non-hydrogen) atoms. The van der Waals surface area contributed by atoms with Gasteiger partial charge in [0.05, 0.1) is 6.04 Å². The molecule has 4 nitrogen and oxygen atoms in total. The van der Waals surface area contributed by atoms with E-state index in [-0.39, 0.29) is 0 Å². The average Bonchev–Trinajstić information content (AvgIpc) is 2.59. The SMILES string of the molecule is NCCN1CCN(C(c2ccccc2)c2ccncc2)CC1. The van der Waals surface area contributed by atoms with Gasteiger partial charge in [-0.05, 0) is 23.3 Å². The number of rotatable bonds is 5. The third-order valence-corrected chi connectivity index (χ3v) is 4.35. The van der Waals surface area contributed by atoms with Gasteiger partial charge in [-0.1, -0.05) is 30.3 Å². The van der Waals surface area contributed by atoms with Crippen molar-refractivity contribution in [1.29, 1.82) is 0 Å². The molecule has 0 bridgehead atoms. The summed E-state index contributed by atoms with van der Waals surface area (Å²) in [6.45, 7) is 6.06. The van der Waals surface area contributed by atoms with Gasteiger partial charge in [-0.15, -0.1) is 0 Å². The number of pyridine rings is 1. The van der Waals surface area contributed by atoms with Crippen LogP contribution in [-0.2, 0) is 0 Å². The highest BCUT2D eigenvalue weighted by atomic mass is 15.3. The second-order valence-electron chi connectivity index (χ2n) is 5.76. The van der Waals surface area contributed by atoms with E-state index in [0.717, 1.165) is 39.3 Å². The second kappa shape index (κ2) is 7.49. The van der Waals surface area contributed by atoms with Gasteiger partial charge >= 0.3 is 0 Å². The third-order valence-electron chi connectivity index (χ3n) is 4.35. The Kier molecular flexibility index (Phi) is 5.16. The van der Waals surface area contributed by atoms with E-state index in [1.807, 2.05) is 12.4 Å². The molecule has 1 fully saturated rings. The molecule has 4 heteroatoms. The molecule has 2 aromatic rings. The van der Waals surface area contributed by atoms with E-state index in [4.69, 9.17) is 5.73 Å². The van der Waals surface area contributed by atoms with Crippen LogP contribution in [0.15, 0.2) is 54.9 Å². The van der Waals surface area contributed by atoms with Gasteiger partial charge in [-0.25, -0.2) is 0 Å². The van der Waals surface area contributed by atoms with Crippen molar-refractivity contribution >= 4 is 0 Å². The van der Waals surface area contributed by atoms with Crippen molar-refractivity contribution in [3.05, 3.63) is 66.0 Å². The van der Waals surface area contributed by atoms with Crippen LogP contribution in [0.1, 0.15) is 17.2 Å². The van der Waals surface area contributed by atoms with E-state index < -0.39 is 0 Å². The maximum atomic E-state index is 5.67. The number of hydrogen-bond acceptors (Lipinski definition) is 4. The van der Waals surface area contributed by atoms with Crippen molar-refractivity contribution in [3.8, 4) is 0 Å². The summed E-state index contributed by atoms with van der Waals surface area (Å²) in [5, 5.41) is 0. The minimum absolute atomic E-state index is 0.309. The van der Waals surface area contributed by atoms with Gasteiger partial charge in [0.1, 0.15) is 0 Å². The lowest BCUT2D eigenvalue weighted by molar-refractivity contribution is 0.111. The van der Waals surface area contributed by atoms with Gasteiger partial charge in [0.15, 0.2) is 0 Å². The van der Waals surface area contributed by atoms with Crippen LogP contribution in [0.2, 0.25) is 0 Å². The van der Waals surface area contributed by atoms with Gasteiger partial charge in [0.25, 0.3) is 0 Å². The number of nitrogens with zero attached hydrogens (tertiary/aromatic N) is 3. The molecule has 1 aliphatic rings. The van der Waals surface area contributed by atoms with Crippen LogP contribution in [-0.4, -0.2) is 54.1 Å². The van der Waals surface area contributed by atoms with E-state index in [9.17, 15) is 0 Å². The van der Waals surface area contributed by atoms with Crippen LogP contribution >= 0.6 is 0 Å². The zero-order chi connectivity index (χ0) is 15.2. The number of nitrogens with two attached hydrogens (primary N) is 1. The van der Waals surface area contributed by atoms with Gasteiger partial charge in [0, 0.05) is 51.7 Å². The molecular formula is C18H24N4. The minimum atomic E-state index is 0.309. The van der Waals surface area contributed by atoms with Crippen molar-refractivity contribution in [2.75, 3.05) is 39.3 Å². The van der Waals surface area contributed by atoms with Crippen molar-refractivity contribution < 1.29 is 0 Å². The number of aromatic nitrogens is 1. The molecular weight excluding hydrogens is 272 g/mol. The quantitative estimate of drug-likeness (QED) is 0.913. The second-order valence-corrected chi connectivity index (χ2v) is 5.76. The molecule has 1 aromatic heterocycles. The fraction of sp³-hybridized carbons (Fsp3) is 0.389. The molecule has 0 amide bonds. The normalized spacial score (nSPS) is 18.2. The molecule has 0 radical (unpaired) electrons. The van der Waals surface area contributed by atoms with Crippen LogP contribution in [0.3, 0.4) is 0 Å². The molecule has 0 saturated carbocycles. The van der Waals surface area contributed by atoms with Crippen LogP contribution in [0.25, 0.3) is 0 Å². The van der Waals surface area contributed by atoms with Crippen LogP contribution in [0.4, 0.5) is 0 Å². The summed E-state index contributed by atoms with van der Waals surface area (Å²) in [5.74, 6) is 0. The lowest BCUT2D eigenvalue weighted by atomic mass is 9.97. The lowest BCUT2D eigenvalue weighted by Gasteiger charge is -2.39. The number of hydrogen-bond donors (Lipinski definition) is 1. The Balaban J connectivity index is 1.81. The van der Waals surface area contributed by atoms with Crippen molar-refractivity contribution in [3.63, 3.8) is 0 Å². The highest BCUT2D eigenvalue weighted by Crippen LogP contribution is 2.29. The summed E-state index contributed by atoms with van der Waals surface area (Å²) in [6.07, 6.45) is 3.77. The van der Waals surface area contributed by atoms with Crippen molar-refractivity contribution in [2.24, 2.45) is 5.73 Å². The maximum absolute atomic E-state index is 5.67. The zero-order valence-electron chi connectivity index (χ0n) is 12.9. The van der Waals surface area contributed by atoms with Crippen LogP contribution < -0.4 is 5.73 Å². The summed E-state index contributed by atoms with van der Waals surface area (Å²) in [7, 11) is 0. The van der Waals surface area contributed by atoms with E-state index in [2.05, 4.69) is 57.2 Å². The Morgan fingerprint density at radius 3 is 2.18 bits per heavy atom. The Hall–Kier alpha value is -1.75. The van der Waals surface area contributed by atoms with Crippen LogP contribution in [0, 0.1) is 0 Å². The smallest absolute Gasteiger partial charge is 0.0603 e. The predicted molar refractivity (Wildman–Crippen MR) is 89.6 cm³/mol. The highest BCUT2D eigenvalue weighted by Gasteiger charge is 2.25. The van der Waals surface area contributed by atoms with Crippen molar-refractivity contribution in [1.82, 2.24) is 14.8 Å². The van der Waals surface area contributed by atoms with Crippen LogP contribution in [0.5, 0.6) is 0 Å². The minimum Gasteiger partial charge on any atom is -0.329 e. The van der Waals surface area contributed by atoms with Gasteiger partial charge in [-0.2, -0.15) is 0 Å². The Morgan fingerprint density at radius 2 is 1.55 bits per heavy atom. The first-order chi connectivity index (χ1) is 10.9. The molecule has 1 saturated heterocycles. The lowest BCUT2D eigenvalue weighted by Crippen LogP contribution is -2.48. The first-order valence-electron chi connectivity index (χ1n) is 8.00. The molecule has 2 N–H and O–H groups in total. The first kappa shape index (κ1) is 15.2. The molecule has 116 valence electrons. The van der Waals surface area contributed by atoms with E-state index >= 15 is 0 Å². The Morgan fingerprint density at radius 1 is 0.909 bits per heavy atom. The number of benzene rings is 1. The van der Waals surface area contributed by atoms with Gasteiger partial charge in [0.2, 0.25) is 0 Å². The largest absolute Gasteiger partial charge is 0.329 e. The molecule has 1 aliphatic heterocycles. The molecule has 1 aromatic carbocycles. The fourth-order valence-corrected chi connectivity index (χ4v) is 3.22.